The Balaban J connectivity index is 0.00000326. The molecule has 3 aromatic carbocycles. The Hall–Kier alpha value is -4.41. The van der Waals surface area contributed by atoms with Gasteiger partial charge in [-0.15, -0.1) is 12.3 Å². The van der Waals surface area contributed by atoms with Crippen molar-refractivity contribution in [3.63, 3.8) is 0 Å². The lowest BCUT2D eigenvalue weighted by molar-refractivity contribution is -0.132. The van der Waals surface area contributed by atoms with Gasteiger partial charge < -0.3 is 0 Å². The predicted molar refractivity (Wildman–Crippen MR) is 247 cm³/mol. The molecule has 0 saturated heterocycles. The number of rotatable bonds is 12. The van der Waals surface area contributed by atoms with Crippen molar-refractivity contribution in [2.24, 2.45) is 34.2 Å². The maximum absolute atomic E-state index is 13.8. The topological polar surface area (TPSA) is 32.7 Å². The van der Waals surface area contributed by atoms with Gasteiger partial charge >= 0.3 is 0 Å². The maximum atomic E-state index is 13.8. The highest BCUT2D eigenvalue weighted by atomic mass is 19.1. The molecule has 3 aliphatic rings. The first-order valence-corrected chi connectivity index (χ1v) is 22.6. The van der Waals surface area contributed by atoms with Crippen molar-refractivity contribution >= 4 is 12.1 Å². The van der Waals surface area contributed by atoms with Gasteiger partial charge in [0.25, 0.3) is 5.91 Å². The van der Waals surface area contributed by atoms with Crippen molar-refractivity contribution in [3.05, 3.63) is 125 Å². The molecule has 3 nitrogen and oxygen atoms in total. The molecule has 7 atom stereocenters. The van der Waals surface area contributed by atoms with E-state index in [0.717, 1.165) is 29.5 Å². The molecule has 0 bridgehead atoms. The highest BCUT2D eigenvalue weighted by Gasteiger charge is 2.42. The van der Waals surface area contributed by atoms with Crippen molar-refractivity contribution in [1.29, 1.82) is 0 Å². The summed E-state index contributed by atoms with van der Waals surface area (Å²) in [5, 5.41) is 6.17. The average Bonchev–Trinajstić information content (AvgIpc) is 3.90. The van der Waals surface area contributed by atoms with E-state index in [0.29, 0.717) is 43.1 Å². The molecule has 1 radical (unpaired) electrons. The van der Waals surface area contributed by atoms with Crippen LogP contribution in [0.1, 0.15) is 158 Å². The van der Waals surface area contributed by atoms with Crippen LogP contribution in [0.5, 0.6) is 0 Å². The Bertz CT molecular complexity index is 2020. The fourth-order valence-electron chi connectivity index (χ4n) is 9.03. The molecule has 59 heavy (non-hydrogen) atoms. The predicted octanol–water partition coefficient (Wildman–Crippen LogP) is 13.6. The number of carbonyl (C=O) groups excluding carboxylic acids is 1. The second-order valence-electron chi connectivity index (χ2n) is 18.5. The number of benzene rings is 3. The molecule has 1 aliphatic heterocycles. The standard InChI is InChI=1S/C53H64FN2O.C2H6/c1-9-39(32-46-34-50(46)53(8,10-2)49-30-29-48(54)31-37(49)3)15-13-16-40-21-25-44(26-22-40)42-17-11-12-18-43(20-14-19-42)45-27-23-41(24-28-45)33-47-35-55-56(51(47)57)36-38(4)52(5,6)7;1-2/h1,21-31,34-35,38-39,42-43,46-47H,8,10-12,14-15,17-20,32-33,36H2,2-7H3;1-2H3/t38?,39-,42?,43?,46?,47?,53?;/m0./s1. The van der Waals surface area contributed by atoms with Crippen LogP contribution in [0.3, 0.4) is 0 Å². The van der Waals surface area contributed by atoms with E-state index in [1.807, 2.05) is 33.1 Å². The molecular weight excluding hydrogens is 724 g/mol. The van der Waals surface area contributed by atoms with Crippen LogP contribution in [-0.2, 0) is 16.6 Å². The van der Waals surface area contributed by atoms with Crippen LogP contribution in [0.4, 0.5) is 4.39 Å². The van der Waals surface area contributed by atoms with Crippen molar-refractivity contribution in [1.82, 2.24) is 5.01 Å². The van der Waals surface area contributed by atoms with Crippen molar-refractivity contribution in [2.75, 3.05) is 6.54 Å². The molecule has 6 rings (SSSR count). The van der Waals surface area contributed by atoms with Gasteiger partial charge in [-0.2, -0.15) is 5.10 Å². The van der Waals surface area contributed by atoms with Crippen LogP contribution in [0.2, 0.25) is 0 Å². The number of nitrogens with zero attached hydrogens (tertiary/aromatic N) is 2. The quantitative estimate of drug-likeness (QED) is 0.133. The minimum absolute atomic E-state index is 0.0722. The lowest BCUT2D eigenvalue weighted by atomic mass is 9.74. The zero-order valence-corrected chi connectivity index (χ0v) is 37.4. The lowest BCUT2D eigenvalue weighted by Gasteiger charge is -2.30. The Morgan fingerprint density at radius 3 is 2.10 bits per heavy atom. The van der Waals surface area contributed by atoms with Crippen LogP contribution in [-0.4, -0.2) is 23.7 Å². The van der Waals surface area contributed by atoms with E-state index in [9.17, 15) is 9.18 Å². The van der Waals surface area contributed by atoms with Gasteiger partial charge in [0.1, 0.15) is 5.82 Å². The van der Waals surface area contributed by atoms with Gasteiger partial charge in [-0.25, -0.2) is 9.40 Å². The number of aryl methyl sites for hydroxylation is 1. The normalized spacial score (nSPS) is 22.5. The molecule has 313 valence electrons. The molecule has 3 aromatic rings. The number of terminal acetylenes is 1. The van der Waals surface area contributed by atoms with Crippen LogP contribution in [0.25, 0.3) is 0 Å². The van der Waals surface area contributed by atoms with Gasteiger partial charge in [0, 0.05) is 42.0 Å². The summed E-state index contributed by atoms with van der Waals surface area (Å²) in [4.78, 5) is 13.1. The molecule has 1 heterocycles. The average molecular weight is 794 g/mol. The summed E-state index contributed by atoms with van der Waals surface area (Å²) in [6.07, 6.45) is 21.8. The zero-order valence-electron chi connectivity index (χ0n) is 37.4. The number of hydrogen-bond donors (Lipinski definition) is 0. The summed E-state index contributed by atoms with van der Waals surface area (Å²) in [6, 6.07) is 23.1. The molecule has 4 heteroatoms. The van der Waals surface area contributed by atoms with Crippen LogP contribution in [0, 0.1) is 72.9 Å². The molecule has 1 saturated carbocycles. The number of allylic oxidation sites excluding steroid dienone is 2. The fraction of sp³-hybridized carbons (Fsp3) is 0.509. The number of hydrazone groups is 1. The third-order valence-electron chi connectivity index (χ3n) is 13.5. The number of hydrogen-bond acceptors (Lipinski definition) is 2. The zero-order chi connectivity index (χ0) is 42.7. The third-order valence-corrected chi connectivity index (χ3v) is 13.5. The Labute approximate surface area is 357 Å². The van der Waals surface area contributed by atoms with Gasteiger partial charge in [-0.3, -0.25) is 4.79 Å². The molecular formula is C55H70FN2O. The molecule has 0 N–H and O–H groups in total. The van der Waals surface area contributed by atoms with Gasteiger partial charge in [0.2, 0.25) is 0 Å². The monoisotopic (exact) mass is 794 g/mol. The van der Waals surface area contributed by atoms with Crippen molar-refractivity contribution in [2.45, 2.75) is 143 Å². The SMILES string of the molecule is C#C[C@@H](CC#Cc1ccc(C2CCCCC(c3ccc(CC4C=NN(CC(C)C(C)(C)C)C4=O)cc3)CCC2)cc1)CC1C=C1C([CH2])(CC)c1ccc(F)cc1C.CC. The van der Waals surface area contributed by atoms with Crippen molar-refractivity contribution < 1.29 is 9.18 Å². The van der Waals surface area contributed by atoms with Crippen molar-refractivity contribution in [3.8, 4) is 24.2 Å². The van der Waals surface area contributed by atoms with Gasteiger partial charge in [0.15, 0.2) is 0 Å². The first-order chi connectivity index (χ1) is 28.3. The summed E-state index contributed by atoms with van der Waals surface area (Å²) in [6.45, 7) is 22.3. The van der Waals surface area contributed by atoms with E-state index in [1.54, 1.807) is 17.1 Å². The summed E-state index contributed by atoms with van der Waals surface area (Å²) >= 11 is 0. The van der Waals surface area contributed by atoms with Gasteiger partial charge in [0.05, 0.1) is 5.92 Å². The minimum atomic E-state index is -0.344. The van der Waals surface area contributed by atoms with Gasteiger partial charge in [-0.05, 0) is 134 Å². The van der Waals surface area contributed by atoms with E-state index in [-0.39, 0.29) is 34.4 Å². The number of halogens is 1. The van der Waals surface area contributed by atoms with Crippen LogP contribution < -0.4 is 0 Å². The highest BCUT2D eigenvalue weighted by molar-refractivity contribution is 5.97. The summed E-state index contributed by atoms with van der Waals surface area (Å²) in [5.74, 6) is 11.5. The van der Waals surface area contributed by atoms with Gasteiger partial charge in [-0.1, -0.05) is 134 Å². The molecule has 2 aliphatic carbocycles. The van der Waals surface area contributed by atoms with E-state index in [1.165, 1.54) is 67.2 Å². The minimum Gasteiger partial charge on any atom is -0.272 e. The van der Waals surface area contributed by atoms with E-state index >= 15 is 0 Å². The second kappa shape index (κ2) is 20.7. The fourth-order valence-corrected chi connectivity index (χ4v) is 9.03. The molecule has 6 unspecified atom stereocenters. The maximum Gasteiger partial charge on any atom is 0.251 e. The summed E-state index contributed by atoms with van der Waals surface area (Å²) in [5.41, 5.74) is 8.27. The van der Waals surface area contributed by atoms with E-state index < -0.39 is 0 Å². The van der Waals surface area contributed by atoms with Crippen LogP contribution in [0.15, 0.2) is 83.5 Å². The largest absolute Gasteiger partial charge is 0.272 e. The third kappa shape index (κ3) is 11.9. The first kappa shape index (κ1) is 45.7. The summed E-state index contributed by atoms with van der Waals surface area (Å²) < 4.78 is 13.8. The van der Waals surface area contributed by atoms with E-state index in [4.69, 9.17) is 6.42 Å². The smallest absolute Gasteiger partial charge is 0.251 e. The number of carbonyl (C=O) groups is 1. The molecule has 1 amide bonds. The Morgan fingerprint density at radius 1 is 0.915 bits per heavy atom. The van der Waals surface area contributed by atoms with E-state index in [2.05, 4.69) is 119 Å². The second-order valence-corrected chi connectivity index (χ2v) is 18.5. The lowest BCUT2D eigenvalue weighted by Crippen LogP contribution is -2.35. The molecule has 0 spiro atoms. The Morgan fingerprint density at radius 2 is 1.53 bits per heavy atom. The Kier molecular flexibility index (Phi) is 16.0. The summed E-state index contributed by atoms with van der Waals surface area (Å²) in [7, 11) is 0. The first-order valence-electron chi connectivity index (χ1n) is 22.6. The number of amides is 1. The molecule has 0 aromatic heterocycles. The highest BCUT2D eigenvalue weighted by Crippen LogP contribution is 2.51. The molecule has 1 fully saturated rings. The van der Waals surface area contributed by atoms with Crippen LogP contribution >= 0.6 is 0 Å².